The number of carbonyl (C=O) groups excluding carboxylic acids is 3. The van der Waals surface area contributed by atoms with Crippen molar-refractivity contribution in [2.45, 2.75) is 173 Å². The molecule has 8 aromatic rings. The molecule has 5 saturated heterocycles. The van der Waals surface area contributed by atoms with Gasteiger partial charge in [-0.25, -0.2) is 23.5 Å². The molecule has 3 amide bonds. The number of hydrogen-bond acceptors (Lipinski definition) is 19. The number of carbonyl (C=O) groups is 3. The lowest BCUT2D eigenvalue weighted by atomic mass is 9.88. The topological polar surface area (TPSA) is 267 Å². The maximum absolute atomic E-state index is 17.0. The monoisotopic (exact) mass is 1320 g/mol. The van der Waals surface area contributed by atoms with Gasteiger partial charge in [-0.3, -0.25) is 9.59 Å². The van der Waals surface area contributed by atoms with Gasteiger partial charge in [0.15, 0.2) is 12.0 Å². The number of anilines is 1. The molecular weight excluding hydrogens is 1240 g/mol. The molecule has 7 atom stereocenters. The molecule has 4 aromatic carbocycles. The highest BCUT2D eigenvalue weighted by atomic mass is 32.1. The van der Waals surface area contributed by atoms with Gasteiger partial charge in [0.25, 0.3) is 0 Å². The van der Waals surface area contributed by atoms with Crippen LogP contribution in [0.3, 0.4) is 0 Å². The number of aromatic nitrogens is 8. The first-order valence-electron chi connectivity index (χ1n) is 33.2. The van der Waals surface area contributed by atoms with Gasteiger partial charge in [-0.05, 0) is 112 Å². The molecule has 5 aliphatic heterocycles. The van der Waals surface area contributed by atoms with E-state index in [4.69, 9.17) is 38.8 Å². The van der Waals surface area contributed by atoms with Gasteiger partial charge in [-0.2, -0.15) is 15.1 Å². The molecule has 23 nitrogen and oxygen atoms in total. The molecule has 1 aliphatic carbocycles. The Balaban J connectivity index is 0.777. The molecule has 4 N–H and O–H groups in total. The molecule has 14 rings (SSSR count). The van der Waals surface area contributed by atoms with Gasteiger partial charge >= 0.3 is 12.1 Å². The SMILES string of the molecule is Cc1c(F)cc2c(cnn2C2CCCCO2)c1-c1c(C2CC2)cc2c(N3C[C@@H]4C[C@H]3CN4C(=O)OC(C)(C)C)nc(OC3CCOCC3)nc2c1OCc1ccc(-c2cn([C@H](C(=O)N3C[C@H](O)C[C@H]3C(=O)N[C@@H](CO)c3ccc(-c4scnc4CO)cc3)C(C)C)nn2)cc1. The van der Waals surface area contributed by atoms with Crippen LogP contribution in [0.1, 0.15) is 145 Å². The summed E-state index contributed by atoms with van der Waals surface area (Å²) in [6, 6.07) is 16.0. The van der Waals surface area contributed by atoms with E-state index < -0.39 is 48.3 Å². The van der Waals surface area contributed by atoms with E-state index in [9.17, 15) is 29.7 Å². The Morgan fingerprint density at radius 2 is 1.65 bits per heavy atom. The van der Waals surface area contributed by atoms with Crippen molar-refractivity contribution in [1.29, 1.82) is 0 Å². The number of halogens is 1. The number of aliphatic hydroxyl groups is 3. The van der Waals surface area contributed by atoms with Crippen LogP contribution >= 0.6 is 11.3 Å². The summed E-state index contributed by atoms with van der Waals surface area (Å²) in [4.78, 5) is 63.7. The van der Waals surface area contributed by atoms with Crippen LogP contribution in [0.15, 0.2) is 78.6 Å². The molecule has 0 radical (unpaired) electrons. The number of hydrogen-bond donors (Lipinski definition) is 4. The van der Waals surface area contributed by atoms with E-state index in [0.717, 1.165) is 76.4 Å². The molecule has 500 valence electrons. The number of likely N-dealkylation sites (tertiary alicyclic amines) is 2. The third-order valence-electron chi connectivity index (χ3n) is 19.4. The molecule has 6 fully saturated rings. The minimum Gasteiger partial charge on any atom is -0.486 e. The van der Waals surface area contributed by atoms with Crippen LogP contribution in [0.25, 0.3) is 54.6 Å². The Morgan fingerprint density at radius 3 is 2.35 bits per heavy atom. The van der Waals surface area contributed by atoms with Crippen LogP contribution < -0.4 is 19.7 Å². The average molecular weight is 1320 g/mol. The van der Waals surface area contributed by atoms with Gasteiger partial charge in [-0.1, -0.05) is 67.6 Å². The van der Waals surface area contributed by atoms with Crippen molar-refractivity contribution in [2.24, 2.45) is 5.92 Å². The van der Waals surface area contributed by atoms with Gasteiger partial charge < -0.3 is 59.0 Å². The third-order valence-corrected chi connectivity index (χ3v) is 20.3. The summed E-state index contributed by atoms with van der Waals surface area (Å²) >= 11 is 1.40. The fraction of sp³-hybridized carbons (Fsp3) is 0.500. The van der Waals surface area contributed by atoms with Gasteiger partial charge in [0, 0.05) is 79.0 Å². The molecule has 25 heteroatoms. The highest BCUT2D eigenvalue weighted by Crippen LogP contribution is 2.54. The number of β-amino-alcohol motifs (C(OH)–C–C–N with tert-alkyl or cyclic N) is 1. The van der Waals surface area contributed by atoms with Gasteiger partial charge in [-0.15, -0.1) is 16.4 Å². The number of rotatable bonds is 19. The summed E-state index contributed by atoms with van der Waals surface area (Å²) in [6.45, 7) is 13.2. The largest absolute Gasteiger partial charge is 0.486 e. The number of ether oxygens (including phenoxy) is 5. The number of nitrogens with zero attached hydrogens (tertiary/aromatic N) is 11. The van der Waals surface area contributed by atoms with Crippen molar-refractivity contribution < 1.29 is 57.8 Å². The van der Waals surface area contributed by atoms with E-state index in [1.807, 2.05) is 93.7 Å². The number of nitrogens with one attached hydrogen (secondary N) is 1. The fourth-order valence-electron chi connectivity index (χ4n) is 14.4. The second-order valence-corrected chi connectivity index (χ2v) is 28.3. The van der Waals surface area contributed by atoms with Gasteiger partial charge in [0.05, 0.1) is 84.6 Å². The van der Waals surface area contributed by atoms with E-state index in [-0.39, 0.29) is 80.4 Å². The van der Waals surface area contributed by atoms with Crippen LogP contribution in [-0.4, -0.2) is 165 Å². The summed E-state index contributed by atoms with van der Waals surface area (Å²) in [5, 5.41) is 49.7. The molecule has 9 heterocycles. The predicted octanol–water partition coefficient (Wildman–Crippen LogP) is 9.89. The second-order valence-electron chi connectivity index (χ2n) is 27.4. The molecule has 4 aromatic heterocycles. The molecule has 1 saturated carbocycles. The highest BCUT2D eigenvalue weighted by molar-refractivity contribution is 7.13. The lowest BCUT2D eigenvalue weighted by Gasteiger charge is -2.36. The summed E-state index contributed by atoms with van der Waals surface area (Å²) in [5.74, 6) is -0.379. The Hall–Kier alpha value is -8.20. The minimum atomic E-state index is -1.03. The number of benzene rings is 4. The van der Waals surface area contributed by atoms with E-state index in [0.29, 0.717) is 102 Å². The number of fused-ring (bicyclic) bond motifs is 4. The minimum absolute atomic E-state index is 0.00501. The molecule has 1 unspecified atom stereocenters. The maximum Gasteiger partial charge on any atom is 0.410 e. The van der Waals surface area contributed by atoms with E-state index in [2.05, 4.69) is 31.6 Å². The zero-order chi connectivity index (χ0) is 66.0. The Labute approximate surface area is 553 Å². The van der Waals surface area contributed by atoms with Crippen LogP contribution in [-0.2, 0) is 37.0 Å². The lowest BCUT2D eigenvalue weighted by molar-refractivity contribution is -0.142. The molecule has 2 bridgehead atoms. The van der Waals surface area contributed by atoms with Crippen molar-refractivity contribution in [3.8, 4) is 44.6 Å². The van der Waals surface area contributed by atoms with Crippen molar-refractivity contribution in [1.82, 2.24) is 54.8 Å². The van der Waals surface area contributed by atoms with E-state index in [1.54, 1.807) is 29.9 Å². The van der Waals surface area contributed by atoms with Crippen molar-refractivity contribution in [2.75, 3.05) is 51.0 Å². The molecule has 0 spiro atoms. The molecular formula is C70H81FN12O11S. The number of piperazine rings is 1. The average Bonchev–Trinajstić information content (AvgIpc) is 1.70. The first-order chi connectivity index (χ1) is 45.9. The molecule has 95 heavy (non-hydrogen) atoms. The van der Waals surface area contributed by atoms with Crippen LogP contribution in [0, 0.1) is 18.7 Å². The summed E-state index contributed by atoms with van der Waals surface area (Å²) in [6.07, 6.45) is 8.21. The quantitative estimate of drug-likeness (QED) is 0.0586. The summed E-state index contributed by atoms with van der Waals surface area (Å²) < 4.78 is 52.3. The smallest absolute Gasteiger partial charge is 0.410 e. The van der Waals surface area contributed by atoms with Gasteiger partial charge in [0.1, 0.15) is 53.2 Å². The zero-order valence-electron chi connectivity index (χ0n) is 54.3. The number of aliphatic hydroxyl groups excluding tert-OH is 3. The maximum atomic E-state index is 17.0. The molecule has 6 aliphatic rings. The Morgan fingerprint density at radius 1 is 0.874 bits per heavy atom. The van der Waals surface area contributed by atoms with Crippen molar-refractivity contribution >= 4 is 56.9 Å². The van der Waals surface area contributed by atoms with Crippen LogP contribution in [0.5, 0.6) is 11.8 Å². The Kier molecular flexibility index (Phi) is 17.8. The first-order valence-corrected chi connectivity index (χ1v) is 34.1. The third kappa shape index (κ3) is 12.8. The first kappa shape index (κ1) is 64.2. The van der Waals surface area contributed by atoms with Crippen molar-refractivity contribution in [3.63, 3.8) is 0 Å². The summed E-state index contributed by atoms with van der Waals surface area (Å²) in [5.41, 5.74) is 9.00. The van der Waals surface area contributed by atoms with E-state index >= 15 is 4.39 Å². The predicted molar refractivity (Wildman–Crippen MR) is 352 cm³/mol. The number of amides is 3. The summed E-state index contributed by atoms with van der Waals surface area (Å²) in [7, 11) is 0. The fourth-order valence-corrected chi connectivity index (χ4v) is 15.2. The van der Waals surface area contributed by atoms with Crippen LogP contribution in [0.2, 0.25) is 0 Å². The normalized spacial score (nSPS) is 21.5. The number of thiazole rings is 1. The van der Waals surface area contributed by atoms with E-state index in [1.165, 1.54) is 20.9 Å². The second kappa shape index (κ2) is 26.4. The standard InChI is InChI=1S/C70H81FN12O11S/c1-38(2)62(67(88)81-32-47(86)26-57(81)66(87)74-54(34-84)43-16-18-44(19-17-43)64-55(35-85)72-37-95-64)82-33-53(77-78-82)42-12-10-40(11-13-42)36-92-63-60(59-39(3)52(71)28-56-51(59)29-73-83(56)58-9-7-8-22-91-58)49(41-14-15-41)27-50-61(63)75-68(93-48-20-23-90-24-21-48)76-65(50)79-30-46-25-45(79)31-80(46)69(89)94-70(4,5)6/h10-13,16-19,27-29,33,37-38,41,45-48,54,57-58,62,84-86H,7-9,14-15,20-26,30-32,34-36H2,1-6H3,(H,74,87)/t45-,46-,47+,54-,57-,58?,62-/m0/s1. The lowest BCUT2D eigenvalue weighted by Crippen LogP contribution is -2.50. The van der Waals surface area contributed by atoms with Gasteiger partial charge in [0.2, 0.25) is 11.8 Å². The zero-order valence-corrected chi connectivity index (χ0v) is 55.1. The van der Waals surface area contributed by atoms with Crippen molar-refractivity contribution in [3.05, 3.63) is 112 Å². The Bertz CT molecular complexity index is 4160. The van der Waals surface area contributed by atoms with Crippen LogP contribution in [0.4, 0.5) is 15.0 Å². The highest BCUT2D eigenvalue weighted by Gasteiger charge is 2.49.